The Morgan fingerprint density at radius 3 is 2.56 bits per heavy atom. The van der Waals surface area contributed by atoms with Crippen LogP contribution in [0.2, 0.25) is 0 Å². The molecule has 1 N–H and O–H groups in total. The van der Waals surface area contributed by atoms with E-state index < -0.39 is 0 Å². The van der Waals surface area contributed by atoms with Crippen molar-refractivity contribution in [2.45, 2.75) is 32.1 Å². The number of ether oxygens (including phenoxy) is 2. The van der Waals surface area contributed by atoms with Crippen molar-refractivity contribution in [2.75, 3.05) is 43.1 Å². The van der Waals surface area contributed by atoms with Crippen molar-refractivity contribution in [1.29, 1.82) is 0 Å². The number of nitrogens with one attached hydrogen (secondary N) is 1. The highest BCUT2D eigenvalue weighted by molar-refractivity contribution is 5.92. The number of morpholine rings is 1. The second-order valence-corrected chi connectivity index (χ2v) is 7.99. The van der Waals surface area contributed by atoms with Crippen LogP contribution in [0.15, 0.2) is 24.3 Å². The van der Waals surface area contributed by atoms with Crippen LogP contribution in [0.1, 0.15) is 32.1 Å². The molecule has 1 amide bonds. The number of anilines is 2. The molecule has 0 aromatic heterocycles. The first-order chi connectivity index (χ1) is 13.2. The molecule has 1 saturated heterocycles. The Hall–Kier alpha value is -2.08. The highest BCUT2D eigenvalue weighted by Gasteiger charge is 2.40. The smallest absolute Gasteiger partial charge is 0.306 e. The van der Waals surface area contributed by atoms with Crippen molar-refractivity contribution in [3.05, 3.63) is 24.3 Å². The van der Waals surface area contributed by atoms with Gasteiger partial charge in [0.15, 0.2) is 6.61 Å². The van der Waals surface area contributed by atoms with Crippen LogP contribution in [0.5, 0.6) is 0 Å². The first kappa shape index (κ1) is 18.3. The Morgan fingerprint density at radius 2 is 1.89 bits per heavy atom. The highest BCUT2D eigenvalue weighted by atomic mass is 16.5. The standard InChI is InChI=1S/C21H28N2O4/c24-20(14-27-21(25)13-17-12-15-1-2-16(17)11-15)22-18-3-5-19(6-4-18)23-7-9-26-10-8-23/h3-6,15-17H,1-2,7-14H2,(H,22,24)/t15-,16+,17-/m0/s1. The van der Waals surface area contributed by atoms with Gasteiger partial charge in [-0.05, 0) is 61.3 Å². The predicted octanol–water partition coefficient (Wildman–Crippen LogP) is 2.83. The molecule has 0 spiro atoms. The number of nitrogens with zero attached hydrogens (tertiary/aromatic N) is 1. The van der Waals surface area contributed by atoms with Gasteiger partial charge in [0.25, 0.3) is 5.91 Å². The summed E-state index contributed by atoms with van der Waals surface area (Å²) < 4.78 is 10.6. The number of rotatable bonds is 6. The molecule has 27 heavy (non-hydrogen) atoms. The fourth-order valence-corrected chi connectivity index (χ4v) is 4.82. The zero-order valence-corrected chi connectivity index (χ0v) is 15.7. The van der Waals surface area contributed by atoms with Crippen molar-refractivity contribution in [3.8, 4) is 0 Å². The molecule has 0 radical (unpaired) electrons. The van der Waals surface area contributed by atoms with Gasteiger partial charge in [0.1, 0.15) is 0 Å². The molecule has 3 atom stereocenters. The number of carbonyl (C=O) groups is 2. The maximum Gasteiger partial charge on any atom is 0.306 e. The van der Waals surface area contributed by atoms with E-state index in [2.05, 4.69) is 10.2 Å². The molecular weight excluding hydrogens is 344 g/mol. The molecule has 3 aliphatic rings. The van der Waals surface area contributed by atoms with Crippen molar-refractivity contribution < 1.29 is 19.1 Å². The van der Waals surface area contributed by atoms with Crippen molar-refractivity contribution in [3.63, 3.8) is 0 Å². The lowest BCUT2D eigenvalue weighted by Crippen LogP contribution is -2.36. The van der Waals surface area contributed by atoms with Crippen molar-refractivity contribution in [2.24, 2.45) is 17.8 Å². The number of esters is 1. The van der Waals surface area contributed by atoms with Gasteiger partial charge in [0.05, 0.1) is 13.2 Å². The molecule has 3 fully saturated rings. The van der Waals surface area contributed by atoms with Crippen LogP contribution in [-0.2, 0) is 19.1 Å². The Bertz CT molecular complexity index is 669. The fraction of sp³-hybridized carbons (Fsp3) is 0.619. The molecule has 2 saturated carbocycles. The van der Waals surface area contributed by atoms with Crippen LogP contribution in [-0.4, -0.2) is 44.8 Å². The van der Waals surface area contributed by atoms with Gasteiger partial charge in [-0.3, -0.25) is 9.59 Å². The van der Waals surface area contributed by atoms with E-state index in [1.54, 1.807) is 0 Å². The Labute approximate surface area is 160 Å². The van der Waals surface area contributed by atoms with Crippen LogP contribution in [0.25, 0.3) is 0 Å². The molecular formula is C21H28N2O4. The number of amides is 1. The van der Waals surface area contributed by atoms with Gasteiger partial charge in [0.2, 0.25) is 0 Å². The Morgan fingerprint density at radius 1 is 1.11 bits per heavy atom. The Balaban J connectivity index is 1.19. The van der Waals surface area contributed by atoms with Crippen LogP contribution >= 0.6 is 0 Å². The maximum absolute atomic E-state index is 12.1. The molecule has 6 heteroatoms. The minimum atomic E-state index is -0.296. The maximum atomic E-state index is 12.1. The average molecular weight is 372 g/mol. The van der Waals surface area contributed by atoms with E-state index in [1.165, 1.54) is 19.3 Å². The molecule has 1 aromatic rings. The van der Waals surface area contributed by atoms with E-state index in [4.69, 9.17) is 9.47 Å². The quantitative estimate of drug-likeness (QED) is 0.778. The lowest BCUT2D eigenvalue weighted by molar-refractivity contribution is -0.148. The first-order valence-electron chi connectivity index (χ1n) is 10.1. The summed E-state index contributed by atoms with van der Waals surface area (Å²) in [4.78, 5) is 26.3. The first-order valence-corrected chi connectivity index (χ1v) is 10.1. The number of carbonyl (C=O) groups excluding carboxylic acids is 2. The van der Waals surface area contributed by atoms with Crippen LogP contribution < -0.4 is 10.2 Å². The minimum Gasteiger partial charge on any atom is -0.456 e. The van der Waals surface area contributed by atoms with E-state index in [0.29, 0.717) is 23.9 Å². The third kappa shape index (κ3) is 4.61. The van der Waals surface area contributed by atoms with Gasteiger partial charge < -0.3 is 19.7 Å². The van der Waals surface area contributed by atoms with E-state index in [-0.39, 0.29) is 18.5 Å². The summed E-state index contributed by atoms with van der Waals surface area (Å²) in [5, 5.41) is 2.79. The molecule has 1 aromatic carbocycles. The molecule has 146 valence electrons. The van der Waals surface area contributed by atoms with Crippen LogP contribution in [0.3, 0.4) is 0 Å². The van der Waals surface area contributed by atoms with E-state index >= 15 is 0 Å². The van der Waals surface area contributed by atoms with Gasteiger partial charge in [-0.1, -0.05) is 6.42 Å². The van der Waals surface area contributed by atoms with Gasteiger partial charge in [-0.15, -0.1) is 0 Å². The molecule has 0 unspecified atom stereocenters. The van der Waals surface area contributed by atoms with Crippen LogP contribution in [0.4, 0.5) is 11.4 Å². The SMILES string of the molecule is O=C(COC(=O)C[C@@H]1C[C@H]2CC[C@@H]1C2)Nc1ccc(N2CCOCC2)cc1. The summed E-state index contributed by atoms with van der Waals surface area (Å²) in [6.45, 7) is 3.03. The third-order valence-corrected chi connectivity index (χ3v) is 6.20. The number of hydrogen-bond donors (Lipinski definition) is 1. The monoisotopic (exact) mass is 372 g/mol. The van der Waals surface area contributed by atoms with E-state index in [0.717, 1.165) is 44.3 Å². The molecule has 1 aliphatic heterocycles. The van der Waals surface area contributed by atoms with E-state index in [1.807, 2.05) is 24.3 Å². The second kappa shape index (κ2) is 8.30. The highest BCUT2D eigenvalue weighted by Crippen LogP contribution is 2.49. The van der Waals surface area contributed by atoms with Gasteiger partial charge in [-0.2, -0.15) is 0 Å². The largest absolute Gasteiger partial charge is 0.456 e. The third-order valence-electron chi connectivity index (χ3n) is 6.20. The lowest BCUT2D eigenvalue weighted by Gasteiger charge is -2.28. The van der Waals surface area contributed by atoms with Crippen LogP contribution in [0, 0.1) is 17.8 Å². The predicted molar refractivity (Wildman–Crippen MR) is 103 cm³/mol. The van der Waals surface area contributed by atoms with E-state index in [9.17, 15) is 9.59 Å². The molecule has 4 rings (SSSR count). The summed E-state index contributed by atoms with van der Waals surface area (Å²) in [5.41, 5.74) is 1.83. The average Bonchev–Trinajstić information content (AvgIpc) is 3.31. The number of benzene rings is 1. The van der Waals surface area contributed by atoms with Gasteiger partial charge in [0, 0.05) is 30.9 Å². The summed E-state index contributed by atoms with van der Waals surface area (Å²) in [6.07, 6.45) is 5.47. The zero-order valence-electron chi connectivity index (χ0n) is 15.7. The summed E-state index contributed by atoms with van der Waals surface area (Å²) in [5.74, 6) is 1.44. The van der Waals surface area contributed by atoms with Crippen molar-refractivity contribution in [1.82, 2.24) is 0 Å². The summed E-state index contributed by atoms with van der Waals surface area (Å²) >= 11 is 0. The minimum absolute atomic E-state index is 0.217. The topological polar surface area (TPSA) is 67.9 Å². The summed E-state index contributed by atoms with van der Waals surface area (Å²) in [6, 6.07) is 7.73. The van der Waals surface area contributed by atoms with Gasteiger partial charge in [-0.25, -0.2) is 0 Å². The Kier molecular flexibility index (Phi) is 5.62. The lowest BCUT2D eigenvalue weighted by atomic mass is 9.86. The molecule has 6 nitrogen and oxygen atoms in total. The normalized spacial score (nSPS) is 26.8. The van der Waals surface area contributed by atoms with Crippen molar-refractivity contribution >= 4 is 23.3 Å². The number of hydrogen-bond acceptors (Lipinski definition) is 5. The summed E-state index contributed by atoms with van der Waals surface area (Å²) in [7, 11) is 0. The molecule has 2 bridgehead atoms. The molecule has 2 aliphatic carbocycles. The van der Waals surface area contributed by atoms with Gasteiger partial charge >= 0.3 is 5.97 Å². The zero-order chi connectivity index (χ0) is 18.6. The fourth-order valence-electron chi connectivity index (χ4n) is 4.82. The number of fused-ring (bicyclic) bond motifs is 2. The second-order valence-electron chi connectivity index (χ2n) is 7.99. The molecule has 1 heterocycles.